The van der Waals surface area contributed by atoms with E-state index >= 15 is 0 Å². The summed E-state index contributed by atoms with van der Waals surface area (Å²) >= 11 is 4.82. The molecular weight excluding hydrogens is 408 g/mol. The topological polar surface area (TPSA) is 197 Å². The summed E-state index contributed by atoms with van der Waals surface area (Å²) in [7, 11) is -5.43. The van der Waals surface area contributed by atoms with Crippen LogP contribution in [0.3, 0.4) is 0 Å². The van der Waals surface area contributed by atoms with Crippen molar-refractivity contribution >= 4 is 39.5 Å². The van der Waals surface area contributed by atoms with E-state index < -0.39 is 58.8 Å². The molecular formula is C13H17N2O10S2-. The number of carbonyl (C=O) groups is 2. The summed E-state index contributed by atoms with van der Waals surface area (Å²) in [6.07, 6.45) is -6.90. The standard InChI is InChI=1S/C13H18N2O10S2/c1-2-3-15-12(21)6(11(20)14-13(15)26)4-7(17)9(19)10(8(18)5-16)25-27(22,23)24/h2,4,7-10,16-19H,1,3,5H2,(H,14,20,26)(H,22,23,24)/p-1/b6-4-/t7-,8-,9-,10?/m1/s1. The SMILES string of the molecule is C=CCN1C(=O)/C(=C\[C@@H](O)[C@@H](O)C(OS(=O)(=O)[O-])[C@H](O)CO)C(=O)NC1=S. The van der Waals surface area contributed by atoms with E-state index in [-0.39, 0.29) is 11.7 Å². The number of thiocarbonyl (C=S) groups is 1. The van der Waals surface area contributed by atoms with Crippen LogP contribution >= 0.6 is 12.2 Å². The van der Waals surface area contributed by atoms with Gasteiger partial charge < -0.3 is 25.0 Å². The molecule has 2 amide bonds. The van der Waals surface area contributed by atoms with Gasteiger partial charge in [0.1, 0.15) is 30.0 Å². The number of nitrogens with one attached hydrogen (secondary N) is 1. The number of nitrogens with zero attached hydrogens (tertiary/aromatic N) is 1. The van der Waals surface area contributed by atoms with Crippen LogP contribution in [-0.2, 0) is 24.2 Å². The molecule has 0 aromatic heterocycles. The normalized spacial score (nSPS) is 21.6. The smallest absolute Gasteiger partial charge is 0.265 e. The third kappa shape index (κ3) is 6.12. The summed E-state index contributed by atoms with van der Waals surface area (Å²) in [6, 6.07) is 0. The van der Waals surface area contributed by atoms with Crippen LogP contribution in [0.5, 0.6) is 0 Å². The van der Waals surface area contributed by atoms with E-state index in [2.05, 4.69) is 16.1 Å². The van der Waals surface area contributed by atoms with E-state index in [1.807, 2.05) is 0 Å². The van der Waals surface area contributed by atoms with Gasteiger partial charge in [-0.25, -0.2) is 8.42 Å². The van der Waals surface area contributed by atoms with Crippen molar-refractivity contribution in [2.75, 3.05) is 13.2 Å². The molecule has 0 radical (unpaired) electrons. The first-order chi connectivity index (χ1) is 12.4. The van der Waals surface area contributed by atoms with Crippen molar-refractivity contribution in [3.05, 3.63) is 24.3 Å². The molecule has 0 bridgehead atoms. The molecule has 0 spiro atoms. The number of aliphatic hydroxyl groups is 4. The lowest BCUT2D eigenvalue weighted by Crippen LogP contribution is -2.54. The summed E-state index contributed by atoms with van der Waals surface area (Å²) in [4.78, 5) is 25.1. The zero-order valence-corrected chi connectivity index (χ0v) is 15.2. The van der Waals surface area contributed by atoms with Gasteiger partial charge in [0.15, 0.2) is 5.11 Å². The van der Waals surface area contributed by atoms with Crippen molar-refractivity contribution in [3.63, 3.8) is 0 Å². The lowest BCUT2D eigenvalue weighted by atomic mass is 10.00. The number of aliphatic hydroxyl groups excluding tert-OH is 4. The van der Waals surface area contributed by atoms with Crippen molar-refractivity contribution in [1.82, 2.24) is 10.2 Å². The number of carbonyl (C=O) groups excluding carboxylic acids is 2. The van der Waals surface area contributed by atoms with Gasteiger partial charge in [-0.1, -0.05) is 6.08 Å². The lowest BCUT2D eigenvalue weighted by molar-refractivity contribution is -0.129. The molecule has 1 aliphatic heterocycles. The predicted molar refractivity (Wildman–Crippen MR) is 90.4 cm³/mol. The van der Waals surface area contributed by atoms with Crippen molar-refractivity contribution < 1.29 is 47.2 Å². The Hall–Kier alpha value is -1.78. The maximum atomic E-state index is 12.3. The highest BCUT2D eigenvalue weighted by Crippen LogP contribution is 2.16. The molecule has 27 heavy (non-hydrogen) atoms. The summed E-state index contributed by atoms with van der Waals surface area (Å²) in [5.41, 5.74) is -0.654. The van der Waals surface area contributed by atoms with Crippen LogP contribution in [0.15, 0.2) is 24.3 Å². The minimum atomic E-state index is -5.43. The Balaban J connectivity index is 3.15. The first-order valence-electron chi connectivity index (χ1n) is 7.22. The highest BCUT2D eigenvalue weighted by atomic mass is 32.3. The molecule has 152 valence electrons. The molecule has 0 aliphatic carbocycles. The summed E-state index contributed by atoms with van der Waals surface area (Å²) < 4.78 is 36.1. The minimum absolute atomic E-state index is 0.0721. The Kier molecular flexibility index (Phi) is 8.12. The molecule has 12 nitrogen and oxygen atoms in total. The zero-order chi connectivity index (χ0) is 20.9. The fourth-order valence-corrected chi connectivity index (χ4v) is 2.83. The van der Waals surface area contributed by atoms with Crippen molar-refractivity contribution in [2.24, 2.45) is 0 Å². The molecule has 1 unspecified atom stereocenters. The maximum absolute atomic E-state index is 12.3. The zero-order valence-electron chi connectivity index (χ0n) is 13.6. The predicted octanol–water partition coefficient (Wildman–Crippen LogP) is -3.74. The van der Waals surface area contributed by atoms with E-state index in [1.54, 1.807) is 0 Å². The Morgan fingerprint density at radius 2 is 1.93 bits per heavy atom. The quantitative estimate of drug-likeness (QED) is 0.0608. The third-order valence-corrected chi connectivity index (χ3v) is 4.10. The second-order valence-corrected chi connectivity index (χ2v) is 6.64. The Morgan fingerprint density at radius 1 is 1.33 bits per heavy atom. The first-order valence-corrected chi connectivity index (χ1v) is 8.96. The molecule has 0 saturated carbocycles. The maximum Gasteiger partial charge on any atom is 0.265 e. The van der Waals surface area contributed by atoms with Gasteiger partial charge in [-0.2, -0.15) is 0 Å². The second kappa shape index (κ2) is 9.43. The van der Waals surface area contributed by atoms with Crippen molar-refractivity contribution in [2.45, 2.75) is 24.4 Å². The van der Waals surface area contributed by atoms with E-state index in [0.717, 1.165) is 4.90 Å². The Labute approximate surface area is 159 Å². The fourth-order valence-electron chi connectivity index (χ4n) is 2.06. The second-order valence-electron chi connectivity index (χ2n) is 5.24. The molecule has 5 N–H and O–H groups in total. The number of hydrogen-bond donors (Lipinski definition) is 5. The fraction of sp³-hybridized carbons (Fsp3) is 0.462. The summed E-state index contributed by atoms with van der Waals surface area (Å²) in [5, 5.41) is 40.3. The average molecular weight is 425 g/mol. The molecule has 1 fully saturated rings. The van der Waals surface area contributed by atoms with Crippen LogP contribution in [0.2, 0.25) is 0 Å². The Morgan fingerprint density at radius 3 is 2.41 bits per heavy atom. The van der Waals surface area contributed by atoms with Crippen LogP contribution in [0.25, 0.3) is 0 Å². The molecule has 0 aromatic carbocycles. The van der Waals surface area contributed by atoms with Gasteiger partial charge in [0.2, 0.25) is 10.4 Å². The van der Waals surface area contributed by atoms with Crippen molar-refractivity contribution in [1.29, 1.82) is 0 Å². The number of hydrogen-bond acceptors (Lipinski definition) is 11. The highest BCUT2D eigenvalue weighted by molar-refractivity contribution is 7.80. The molecule has 14 heteroatoms. The minimum Gasteiger partial charge on any atom is -0.726 e. The molecule has 1 aliphatic rings. The van der Waals surface area contributed by atoms with Crippen LogP contribution in [0, 0.1) is 0 Å². The highest BCUT2D eigenvalue weighted by Gasteiger charge is 2.37. The van der Waals surface area contributed by atoms with Gasteiger partial charge in [0.05, 0.1) is 6.61 Å². The summed E-state index contributed by atoms with van der Waals surface area (Å²) in [5.74, 6) is -1.94. The third-order valence-electron chi connectivity index (χ3n) is 3.32. The molecule has 1 heterocycles. The molecule has 1 rings (SSSR count). The van der Waals surface area contributed by atoms with E-state index in [9.17, 15) is 37.9 Å². The van der Waals surface area contributed by atoms with Crippen LogP contribution in [-0.4, -0.2) is 92.8 Å². The molecule has 0 aromatic rings. The van der Waals surface area contributed by atoms with Gasteiger partial charge in [0, 0.05) is 6.54 Å². The van der Waals surface area contributed by atoms with Crippen LogP contribution in [0.4, 0.5) is 0 Å². The average Bonchev–Trinajstić information content (AvgIpc) is 2.57. The molecule has 4 atom stereocenters. The summed E-state index contributed by atoms with van der Waals surface area (Å²) in [6.45, 7) is 2.22. The first kappa shape index (κ1) is 23.3. The van der Waals surface area contributed by atoms with Gasteiger partial charge in [-0.05, 0) is 18.3 Å². The van der Waals surface area contributed by atoms with E-state index in [1.165, 1.54) is 6.08 Å². The Bertz CT molecular complexity index is 750. The largest absolute Gasteiger partial charge is 0.726 e. The van der Waals surface area contributed by atoms with Crippen LogP contribution in [0.1, 0.15) is 0 Å². The van der Waals surface area contributed by atoms with Gasteiger partial charge >= 0.3 is 0 Å². The monoisotopic (exact) mass is 425 g/mol. The molecule has 1 saturated heterocycles. The number of rotatable bonds is 9. The number of amides is 2. The van der Waals surface area contributed by atoms with E-state index in [4.69, 9.17) is 17.3 Å². The van der Waals surface area contributed by atoms with Gasteiger partial charge in [-0.3, -0.25) is 24.0 Å². The van der Waals surface area contributed by atoms with Gasteiger partial charge in [-0.15, -0.1) is 6.58 Å². The van der Waals surface area contributed by atoms with Crippen LogP contribution < -0.4 is 5.32 Å². The van der Waals surface area contributed by atoms with Crippen molar-refractivity contribution in [3.8, 4) is 0 Å². The van der Waals surface area contributed by atoms with E-state index in [0.29, 0.717) is 6.08 Å². The lowest BCUT2D eigenvalue weighted by Gasteiger charge is -2.31. The van der Waals surface area contributed by atoms with Gasteiger partial charge in [0.25, 0.3) is 11.8 Å².